The van der Waals surface area contributed by atoms with E-state index in [9.17, 15) is 0 Å². The van der Waals surface area contributed by atoms with Crippen LogP contribution in [0.5, 0.6) is 0 Å². The summed E-state index contributed by atoms with van der Waals surface area (Å²) in [6.07, 6.45) is 3.70. The Labute approximate surface area is 137 Å². The summed E-state index contributed by atoms with van der Waals surface area (Å²) in [5.74, 6) is 0.953. The summed E-state index contributed by atoms with van der Waals surface area (Å²) in [6.45, 7) is 3.22. The molecule has 4 aromatic rings. The summed E-state index contributed by atoms with van der Waals surface area (Å²) in [6, 6.07) is 10.2. The first-order valence-corrected chi connectivity index (χ1v) is 7.99. The summed E-state index contributed by atoms with van der Waals surface area (Å²) in [7, 11) is 0. The molecule has 7 nitrogen and oxygen atoms in total. The lowest BCUT2D eigenvalue weighted by atomic mass is 10.1. The number of anilines is 1. The van der Waals surface area contributed by atoms with Crippen LogP contribution in [0, 0.1) is 0 Å². The molecule has 0 saturated carbocycles. The van der Waals surface area contributed by atoms with Crippen molar-refractivity contribution in [3.8, 4) is 11.3 Å². The topological polar surface area (TPSA) is 71.3 Å². The Balaban J connectivity index is 1.62. The van der Waals surface area contributed by atoms with Crippen molar-refractivity contribution in [2.75, 3.05) is 31.2 Å². The summed E-state index contributed by atoms with van der Waals surface area (Å²) in [5, 5.41) is 12.9. The normalized spacial score (nSPS) is 15.4. The minimum absolute atomic E-state index is 0.744. The molecule has 0 bridgehead atoms. The van der Waals surface area contributed by atoms with Crippen LogP contribution in [0.25, 0.3) is 27.8 Å². The number of nitrogens with one attached hydrogen (secondary N) is 1. The van der Waals surface area contributed by atoms with Crippen molar-refractivity contribution >= 4 is 22.4 Å². The lowest BCUT2D eigenvalue weighted by molar-refractivity contribution is 0.122. The number of H-pyrrole nitrogens is 1. The number of ether oxygens (including phenoxy) is 1. The van der Waals surface area contributed by atoms with Crippen molar-refractivity contribution in [3.05, 3.63) is 42.7 Å². The van der Waals surface area contributed by atoms with Crippen molar-refractivity contribution in [1.29, 1.82) is 0 Å². The molecule has 120 valence electrons. The average Bonchev–Trinajstić information content (AvgIpc) is 3.27. The number of benzene rings is 1. The zero-order valence-electron chi connectivity index (χ0n) is 13.0. The molecular formula is C17H16N6O. The second kappa shape index (κ2) is 5.31. The van der Waals surface area contributed by atoms with Crippen LogP contribution in [0.2, 0.25) is 0 Å². The molecule has 0 aliphatic carbocycles. The lowest BCUT2D eigenvalue weighted by Gasteiger charge is -2.27. The Morgan fingerprint density at radius 3 is 2.88 bits per heavy atom. The van der Waals surface area contributed by atoms with Gasteiger partial charge in [0.15, 0.2) is 5.65 Å². The van der Waals surface area contributed by atoms with Gasteiger partial charge in [0.05, 0.1) is 36.8 Å². The molecular weight excluding hydrogens is 304 g/mol. The fourth-order valence-electron chi connectivity index (χ4n) is 3.12. The molecule has 0 atom stereocenters. The van der Waals surface area contributed by atoms with E-state index < -0.39 is 0 Å². The van der Waals surface area contributed by atoms with Gasteiger partial charge in [-0.3, -0.25) is 5.10 Å². The van der Waals surface area contributed by atoms with Crippen LogP contribution >= 0.6 is 0 Å². The van der Waals surface area contributed by atoms with Crippen LogP contribution in [-0.2, 0) is 4.74 Å². The number of imidazole rings is 1. The van der Waals surface area contributed by atoms with Crippen LogP contribution in [0.4, 0.5) is 5.82 Å². The van der Waals surface area contributed by atoms with Crippen molar-refractivity contribution in [2.24, 2.45) is 0 Å². The quantitative estimate of drug-likeness (QED) is 0.612. The van der Waals surface area contributed by atoms with Crippen LogP contribution in [0.15, 0.2) is 42.7 Å². The number of aromatic amines is 1. The molecule has 5 rings (SSSR count). The van der Waals surface area contributed by atoms with Gasteiger partial charge < -0.3 is 9.64 Å². The van der Waals surface area contributed by atoms with Gasteiger partial charge in [0.1, 0.15) is 5.82 Å². The number of hydrogen-bond acceptors (Lipinski definition) is 5. The lowest BCUT2D eigenvalue weighted by Crippen LogP contribution is -2.37. The molecule has 24 heavy (non-hydrogen) atoms. The fourth-order valence-corrected chi connectivity index (χ4v) is 3.12. The SMILES string of the molecule is c1cc2[nH]ncc2cc1-c1cnc2ccc(N3CCOCC3)nn12. The maximum Gasteiger partial charge on any atom is 0.154 e. The molecule has 0 unspecified atom stereocenters. The van der Waals surface area contributed by atoms with E-state index in [1.165, 1.54) is 0 Å². The zero-order valence-corrected chi connectivity index (χ0v) is 13.0. The number of morpholine rings is 1. The van der Waals surface area contributed by atoms with Gasteiger partial charge in [0.2, 0.25) is 0 Å². The predicted molar refractivity (Wildman–Crippen MR) is 91.1 cm³/mol. The molecule has 1 aliphatic rings. The van der Waals surface area contributed by atoms with E-state index >= 15 is 0 Å². The van der Waals surface area contributed by atoms with Gasteiger partial charge in [0, 0.05) is 24.0 Å². The van der Waals surface area contributed by atoms with Crippen LogP contribution < -0.4 is 4.90 Å². The molecule has 1 aromatic carbocycles. The van der Waals surface area contributed by atoms with Crippen LogP contribution in [0.3, 0.4) is 0 Å². The summed E-state index contributed by atoms with van der Waals surface area (Å²) in [4.78, 5) is 6.72. The minimum atomic E-state index is 0.744. The molecule has 1 saturated heterocycles. The summed E-state index contributed by atoms with van der Waals surface area (Å²) in [5.41, 5.74) is 3.91. The fraction of sp³-hybridized carbons (Fsp3) is 0.235. The predicted octanol–water partition coefficient (Wildman–Crippen LogP) is 2.11. The van der Waals surface area contributed by atoms with E-state index in [1.54, 1.807) is 0 Å². The minimum Gasteiger partial charge on any atom is -0.378 e. The van der Waals surface area contributed by atoms with Crippen molar-refractivity contribution in [2.45, 2.75) is 0 Å². The molecule has 0 spiro atoms. The van der Waals surface area contributed by atoms with Gasteiger partial charge >= 0.3 is 0 Å². The number of rotatable bonds is 2. The van der Waals surface area contributed by atoms with Gasteiger partial charge in [-0.25, -0.2) is 9.50 Å². The third kappa shape index (κ3) is 2.13. The molecule has 1 aliphatic heterocycles. The summed E-state index contributed by atoms with van der Waals surface area (Å²) >= 11 is 0. The van der Waals surface area contributed by atoms with Crippen molar-refractivity contribution in [1.82, 2.24) is 24.8 Å². The number of fused-ring (bicyclic) bond motifs is 2. The van der Waals surface area contributed by atoms with Gasteiger partial charge in [-0.15, -0.1) is 5.10 Å². The Hall–Kier alpha value is -2.93. The van der Waals surface area contributed by atoms with E-state index in [1.807, 2.05) is 35.1 Å². The van der Waals surface area contributed by atoms with E-state index in [4.69, 9.17) is 9.84 Å². The standard InChI is InChI=1S/C17H16N6O/c1-2-14-13(10-19-20-14)9-12(1)15-11-18-16-3-4-17(21-23(15)16)22-5-7-24-8-6-22/h1-4,9-11H,5-8H2,(H,19,20). The first kappa shape index (κ1) is 13.5. The van der Waals surface area contributed by atoms with Crippen molar-refractivity contribution in [3.63, 3.8) is 0 Å². The highest BCUT2D eigenvalue weighted by atomic mass is 16.5. The van der Waals surface area contributed by atoms with Crippen LogP contribution in [-0.4, -0.2) is 51.1 Å². The Morgan fingerprint density at radius 2 is 1.96 bits per heavy atom. The Kier molecular flexibility index (Phi) is 2.99. The smallest absolute Gasteiger partial charge is 0.154 e. The highest BCUT2D eigenvalue weighted by Crippen LogP contribution is 2.25. The first-order chi connectivity index (χ1) is 11.9. The Bertz CT molecular complexity index is 1010. The average molecular weight is 320 g/mol. The molecule has 0 radical (unpaired) electrons. The van der Waals surface area contributed by atoms with E-state index in [0.29, 0.717) is 0 Å². The Morgan fingerprint density at radius 1 is 1.04 bits per heavy atom. The van der Waals surface area contributed by atoms with Crippen LogP contribution in [0.1, 0.15) is 0 Å². The highest BCUT2D eigenvalue weighted by molar-refractivity contribution is 5.83. The molecule has 1 fully saturated rings. The zero-order chi connectivity index (χ0) is 15.9. The largest absolute Gasteiger partial charge is 0.378 e. The molecule has 7 heteroatoms. The van der Waals surface area contributed by atoms with E-state index in [2.05, 4.69) is 32.2 Å². The second-order valence-corrected chi connectivity index (χ2v) is 5.88. The maximum atomic E-state index is 5.42. The van der Waals surface area contributed by atoms with Gasteiger partial charge in [-0.1, -0.05) is 6.07 Å². The molecule has 4 heterocycles. The second-order valence-electron chi connectivity index (χ2n) is 5.88. The first-order valence-electron chi connectivity index (χ1n) is 7.99. The third-order valence-electron chi connectivity index (χ3n) is 4.42. The van der Waals surface area contributed by atoms with Gasteiger partial charge in [-0.05, 0) is 24.3 Å². The third-order valence-corrected chi connectivity index (χ3v) is 4.42. The van der Waals surface area contributed by atoms with E-state index in [0.717, 1.165) is 59.9 Å². The molecule has 1 N–H and O–H groups in total. The van der Waals surface area contributed by atoms with Crippen molar-refractivity contribution < 1.29 is 4.74 Å². The van der Waals surface area contributed by atoms with E-state index in [-0.39, 0.29) is 0 Å². The van der Waals surface area contributed by atoms with Gasteiger partial charge in [-0.2, -0.15) is 5.10 Å². The molecule has 3 aromatic heterocycles. The maximum absolute atomic E-state index is 5.42. The number of aromatic nitrogens is 5. The number of nitrogens with zero attached hydrogens (tertiary/aromatic N) is 5. The monoisotopic (exact) mass is 320 g/mol. The summed E-state index contributed by atoms with van der Waals surface area (Å²) < 4.78 is 7.33. The molecule has 0 amide bonds. The highest BCUT2D eigenvalue weighted by Gasteiger charge is 2.15. The number of hydrogen-bond donors (Lipinski definition) is 1. The van der Waals surface area contributed by atoms with Gasteiger partial charge in [0.25, 0.3) is 0 Å².